The number of rotatable bonds is 6. The number of hydrogen-bond donors (Lipinski definition) is 1. The number of benzene rings is 2. The van der Waals surface area contributed by atoms with Gasteiger partial charge in [-0.25, -0.2) is 9.97 Å². The van der Waals surface area contributed by atoms with Gasteiger partial charge in [0.05, 0.1) is 11.8 Å². The molecule has 2 heterocycles. The predicted molar refractivity (Wildman–Crippen MR) is 116 cm³/mol. The summed E-state index contributed by atoms with van der Waals surface area (Å²) < 4.78 is 0. The van der Waals surface area contributed by atoms with Crippen molar-refractivity contribution in [3.63, 3.8) is 0 Å². The first-order valence-corrected chi connectivity index (χ1v) is 10.9. The zero-order valence-corrected chi connectivity index (χ0v) is 17.1. The van der Waals surface area contributed by atoms with Gasteiger partial charge in [0.1, 0.15) is 16.2 Å². The Kier molecular flexibility index (Phi) is 5.90. The van der Waals surface area contributed by atoms with Crippen molar-refractivity contribution in [3.8, 4) is 0 Å². The molecule has 0 bridgehead atoms. The molecule has 1 amide bonds. The minimum absolute atomic E-state index is 0.0594. The van der Waals surface area contributed by atoms with Gasteiger partial charge in [-0.3, -0.25) is 4.79 Å². The maximum absolute atomic E-state index is 12.7. The highest BCUT2D eigenvalue weighted by Crippen LogP contribution is 2.28. The molecule has 0 radical (unpaired) electrons. The number of nitrogens with one attached hydrogen (secondary N) is 1. The Bertz CT molecular complexity index is 1080. The summed E-state index contributed by atoms with van der Waals surface area (Å²) in [7, 11) is 0. The second-order valence-corrected chi connectivity index (χ2v) is 8.36. The number of nitrogens with zero attached hydrogens (tertiary/aromatic N) is 2. The summed E-state index contributed by atoms with van der Waals surface area (Å²) in [4.78, 5) is 22.2. The molecule has 1 atom stereocenters. The molecule has 2 aromatic carbocycles. The Balaban J connectivity index is 1.51. The van der Waals surface area contributed by atoms with Gasteiger partial charge in [0.25, 0.3) is 0 Å². The van der Waals surface area contributed by atoms with Gasteiger partial charge in [0, 0.05) is 10.4 Å². The number of carbonyl (C=O) groups is 1. The Morgan fingerprint density at radius 2 is 1.79 bits per heavy atom. The van der Waals surface area contributed by atoms with Crippen molar-refractivity contribution in [2.24, 2.45) is 0 Å². The standard InChI is InChI=1S/C21H16ClN3OS2/c22-16-8-6-15(7-9-16)19(14-4-2-1-3-5-14)25-18(26)12-28-21-17-10-11-27-20(17)23-13-24-21/h1-11,13,19H,12H2,(H,25,26). The van der Waals surface area contributed by atoms with Gasteiger partial charge in [-0.1, -0.05) is 65.8 Å². The summed E-state index contributed by atoms with van der Waals surface area (Å²) in [5.74, 6) is 0.217. The topological polar surface area (TPSA) is 54.9 Å². The predicted octanol–water partition coefficient (Wildman–Crippen LogP) is 5.34. The van der Waals surface area contributed by atoms with Gasteiger partial charge >= 0.3 is 0 Å². The lowest BCUT2D eigenvalue weighted by molar-refractivity contribution is -0.119. The summed E-state index contributed by atoms with van der Waals surface area (Å²) in [6.07, 6.45) is 1.54. The molecule has 7 heteroatoms. The van der Waals surface area contributed by atoms with Gasteiger partial charge in [-0.05, 0) is 34.7 Å². The van der Waals surface area contributed by atoms with Crippen molar-refractivity contribution < 1.29 is 4.79 Å². The van der Waals surface area contributed by atoms with Crippen LogP contribution in [0.1, 0.15) is 17.2 Å². The molecular weight excluding hydrogens is 410 g/mol. The lowest BCUT2D eigenvalue weighted by Gasteiger charge is -2.20. The third-order valence-corrected chi connectivity index (χ3v) is 6.28. The van der Waals surface area contributed by atoms with Crippen LogP contribution in [0.3, 0.4) is 0 Å². The summed E-state index contributed by atoms with van der Waals surface area (Å²) >= 11 is 9.01. The number of thiophene rings is 1. The first-order chi connectivity index (χ1) is 13.7. The van der Waals surface area contributed by atoms with Crippen LogP contribution in [0.4, 0.5) is 0 Å². The number of amides is 1. The van der Waals surface area contributed by atoms with Gasteiger partial charge < -0.3 is 5.32 Å². The fraction of sp³-hybridized carbons (Fsp3) is 0.0952. The summed E-state index contributed by atoms with van der Waals surface area (Å²) in [5.41, 5.74) is 2.00. The Morgan fingerprint density at radius 3 is 2.57 bits per heavy atom. The quantitative estimate of drug-likeness (QED) is 0.334. The maximum Gasteiger partial charge on any atom is 0.231 e. The molecule has 0 saturated carbocycles. The third kappa shape index (κ3) is 4.35. The number of halogens is 1. The van der Waals surface area contributed by atoms with E-state index in [0.717, 1.165) is 26.4 Å². The molecule has 4 nitrogen and oxygen atoms in total. The number of thioether (sulfide) groups is 1. The molecule has 0 aliphatic rings. The Labute approximate surface area is 176 Å². The summed E-state index contributed by atoms with van der Waals surface area (Å²) in [5, 5.41) is 7.60. The molecular formula is C21H16ClN3OS2. The van der Waals surface area contributed by atoms with Gasteiger partial charge in [-0.15, -0.1) is 11.3 Å². The number of hydrogen-bond acceptors (Lipinski definition) is 5. The molecule has 0 aliphatic carbocycles. The largest absolute Gasteiger partial charge is 0.344 e. The van der Waals surface area contributed by atoms with E-state index in [2.05, 4.69) is 15.3 Å². The highest BCUT2D eigenvalue weighted by Gasteiger charge is 2.17. The van der Waals surface area contributed by atoms with E-state index in [1.807, 2.05) is 66.0 Å². The molecule has 0 fully saturated rings. The van der Waals surface area contributed by atoms with E-state index < -0.39 is 0 Å². The molecule has 4 rings (SSSR count). The van der Waals surface area contributed by atoms with Crippen LogP contribution in [-0.2, 0) is 4.79 Å². The highest BCUT2D eigenvalue weighted by atomic mass is 35.5. The minimum atomic E-state index is -0.238. The van der Waals surface area contributed by atoms with E-state index >= 15 is 0 Å². The van der Waals surface area contributed by atoms with Crippen molar-refractivity contribution >= 4 is 50.8 Å². The van der Waals surface area contributed by atoms with E-state index in [9.17, 15) is 4.79 Å². The molecule has 28 heavy (non-hydrogen) atoms. The van der Waals surface area contributed by atoms with E-state index in [-0.39, 0.29) is 17.7 Å². The Hall–Kier alpha value is -2.41. The average molecular weight is 426 g/mol. The summed E-state index contributed by atoms with van der Waals surface area (Å²) in [6, 6.07) is 19.2. The van der Waals surface area contributed by atoms with Crippen LogP contribution < -0.4 is 5.32 Å². The van der Waals surface area contributed by atoms with Crippen LogP contribution >= 0.6 is 34.7 Å². The Morgan fingerprint density at radius 1 is 1.04 bits per heavy atom. The molecule has 0 aliphatic heterocycles. The monoisotopic (exact) mass is 425 g/mol. The van der Waals surface area contributed by atoms with Crippen LogP contribution in [0.2, 0.25) is 5.02 Å². The smallest absolute Gasteiger partial charge is 0.231 e. The van der Waals surface area contributed by atoms with Crippen LogP contribution in [0.5, 0.6) is 0 Å². The fourth-order valence-corrected chi connectivity index (χ4v) is 4.60. The second-order valence-electron chi connectivity index (χ2n) is 6.07. The van der Waals surface area contributed by atoms with Crippen molar-refractivity contribution in [1.29, 1.82) is 0 Å². The van der Waals surface area contributed by atoms with Crippen molar-refractivity contribution in [3.05, 3.63) is 88.5 Å². The molecule has 4 aromatic rings. The van der Waals surface area contributed by atoms with Crippen molar-refractivity contribution in [2.75, 3.05) is 5.75 Å². The molecule has 1 unspecified atom stereocenters. The van der Waals surface area contributed by atoms with E-state index in [0.29, 0.717) is 5.02 Å². The van der Waals surface area contributed by atoms with Gasteiger partial charge in [-0.2, -0.15) is 0 Å². The highest BCUT2D eigenvalue weighted by molar-refractivity contribution is 8.00. The van der Waals surface area contributed by atoms with E-state index in [4.69, 9.17) is 11.6 Å². The first-order valence-electron chi connectivity index (χ1n) is 8.61. The zero-order chi connectivity index (χ0) is 19.3. The van der Waals surface area contributed by atoms with E-state index in [1.165, 1.54) is 11.8 Å². The average Bonchev–Trinajstić information content (AvgIpc) is 3.21. The summed E-state index contributed by atoms with van der Waals surface area (Å²) in [6.45, 7) is 0. The van der Waals surface area contributed by atoms with Crippen LogP contribution in [0, 0.1) is 0 Å². The second kappa shape index (κ2) is 8.73. The molecule has 1 N–H and O–H groups in total. The molecule has 140 valence electrons. The fourth-order valence-electron chi connectivity index (χ4n) is 2.88. The van der Waals surface area contributed by atoms with E-state index in [1.54, 1.807) is 17.7 Å². The first kappa shape index (κ1) is 18.9. The van der Waals surface area contributed by atoms with Crippen LogP contribution in [-0.4, -0.2) is 21.6 Å². The molecule has 0 spiro atoms. The van der Waals surface area contributed by atoms with Crippen molar-refractivity contribution in [1.82, 2.24) is 15.3 Å². The molecule has 0 saturated heterocycles. The maximum atomic E-state index is 12.7. The minimum Gasteiger partial charge on any atom is -0.344 e. The lowest BCUT2D eigenvalue weighted by atomic mass is 9.99. The molecule has 2 aromatic heterocycles. The van der Waals surface area contributed by atoms with Crippen molar-refractivity contribution in [2.45, 2.75) is 11.1 Å². The van der Waals surface area contributed by atoms with Gasteiger partial charge in [0.15, 0.2) is 0 Å². The third-order valence-electron chi connectivity index (χ3n) is 4.21. The number of carbonyl (C=O) groups excluding carboxylic acids is 1. The number of aromatic nitrogens is 2. The van der Waals surface area contributed by atoms with Crippen LogP contribution in [0.15, 0.2) is 77.4 Å². The number of fused-ring (bicyclic) bond motifs is 1. The van der Waals surface area contributed by atoms with Crippen LogP contribution in [0.25, 0.3) is 10.2 Å². The SMILES string of the molecule is O=C(CSc1ncnc2sccc12)NC(c1ccccc1)c1ccc(Cl)cc1. The zero-order valence-electron chi connectivity index (χ0n) is 14.7. The lowest BCUT2D eigenvalue weighted by Crippen LogP contribution is -2.30. The van der Waals surface area contributed by atoms with Gasteiger partial charge in [0.2, 0.25) is 5.91 Å². The normalized spacial score (nSPS) is 12.0.